The summed E-state index contributed by atoms with van der Waals surface area (Å²) < 4.78 is 23.8. The molecule has 4 nitrogen and oxygen atoms in total. The van der Waals surface area contributed by atoms with Crippen LogP contribution in [0.4, 0.5) is 0 Å². The lowest BCUT2D eigenvalue weighted by Crippen LogP contribution is -2.41. The first-order valence-electron chi connectivity index (χ1n) is 6.59. The minimum Gasteiger partial charge on any atom is -0.400 e. The summed E-state index contributed by atoms with van der Waals surface area (Å²) in [6.45, 7) is 16.2. The zero-order valence-corrected chi connectivity index (χ0v) is 12.8. The van der Waals surface area contributed by atoms with E-state index in [1.807, 2.05) is 55.4 Å². The van der Waals surface area contributed by atoms with Gasteiger partial charge in [0.05, 0.1) is 22.4 Å². The summed E-state index contributed by atoms with van der Waals surface area (Å²) in [6.07, 6.45) is -0.476. The van der Waals surface area contributed by atoms with Gasteiger partial charge in [-0.15, -0.1) is 0 Å². The molecule has 2 saturated heterocycles. The van der Waals surface area contributed by atoms with E-state index < -0.39 is 13.3 Å². The van der Waals surface area contributed by atoms with Gasteiger partial charge in [0.1, 0.15) is 0 Å². The Morgan fingerprint density at radius 1 is 0.611 bits per heavy atom. The highest BCUT2D eigenvalue weighted by Crippen LogP contribution is 2.44. The molecule has 18 heavy (non-hydrogen) atoms. The van der Waals surface area contributed by atoms with Crippen molar-refractivity contribution in [1.82, 2.24) is 0 Å². The molecule has 0 aromatic rings. The first-order valence-corrected chi connectivity index (χ1v) is 6.59. The zero-order valence-electron chi connectivity index (χ0n) is 12.8. The largest absolute Gasteiger partial charge is 0.517 e. The summed E-state index contributed by atoms with van der Waals surface area (Å²) >= 11 is 0. The summed E-state index contributed by atoms with van der Waals surface area (Å²) in [4.78, 5) is 0. The van der Waals surface area contributed by atoms with Crippen LogP contribution in [-0.2, 0) is 18.8 Å². The van der Waals surface area contributed by atoms with Gasteiger partial charge in [-0.25, -0.2) is 0 Å². The molecule has 0 spiro atoms. The maximum Gasteiger partial charge on any atom is 0.517 e. The van der Waals surface area contributed by atoms with E-state index in [0.29, 0.717) is 0 Å². The molecule has 0 N–H and O–H groups in total. The molecular formula is C13H25BO4. The molecule has 0 radical (unpaired) electrons. The molecule has 0 aromatic carbocycles. The van der Waals surface area contributed by atoms with Crippen LogP contribution in [0.3, 0.4) is 0 Å². The van der Waals surface area contributed by atoms with Gasteiger partial charge in [-0.1, -0.05) is 0 Å². The van der Waals surface area contributed by atoms with Gasteiger partial charge in [0, 0.05) is 0 Å². The van der Waals surface area contributed by atoms with Crippen LogP contribution >= 0.6 is 0 Å². The number of ether oxygens (including phenoxy) is 2. The molecule has 104 valence electrons. The SMILES string of the molecule is CC1(C)OB(C2OC(C)(C)C(C)(C)O2)OC1(C)C. The molecule has 0 aromatic heterocycles. The van der Waals surface area contributed by atoms with E-state index in [4.69, 9.17) is 18.8 Å². The topological polar surface area (TPSA) is 36.9 Å². The first kappa shape index (κ1) is 14.3. The second-order valence-corrected chi connectivity index (χ2v) is 7.25. The highest BCUT2D eigenvalue weighted by atomic mass is 16.8. The maximum atomic E-state index is 5.96. The normalized spacial score (nSPS) is 33.0. The standard InChI is InChI=1S/C13H25BO4/c1-10(2)11(3,4)16-9(15-10)14-17-12(5,6)13(7,8)18-14/h9H,1-8H3. The van der Waals surface area contributed by atoms with E-state index >= 15 is 0 Å². The van der Waals surface area contributed by atoms with E-state index in [2.05, 4.69) is 0 Å². The quantitative estimate of drug-likeness (QED) is 0.675. The summed E-state index contributed by atoms with van der Waals surface area (Å²) in [7, 11) is -0.476. The number of hydrogen-bond acceptors (Lipinski definition) is 4. The van der Waals surface area contributed by atoms with Gasteiger partial charge in [0.25, 0.3) is 0 Å². The Hall–Kier alpha value is -0.0951. The van der Waals surface area contributed by atoms with E-state index in [1.54, 1.807) is 0 Å². The van der Waals surface area contributed by atoms with Gasteiger partial charge in [-0.2, -0.15) is 0 Å². The van der Waals surface area contributed by atoms with Crippen LogP contribution in [-0.4, -0.2) is 35.7 Å². The third-order valence-corrected chi connectivity index (χ3v) is 4.77. The van der Waals surface area contributed by atoms with Gasteiger partial charge in [-0.05, 0) is 55.4 Å². The third kappa shape index (κ3) is 2.01. The second kappa shape index (κ2) is 3.72. The molecule has 0 atom stereocenters. The smallest absolute Gasteiger partial charge is 0.400 e. The van der Waals surface area contributed by atoms with Crippen LogP contribution in [0.15, 0.2) is 0 Å². The predicted octanol–water partition coefficient (Wildman–Crippen LogP) is 2.55. The van der Waals surface area contributed by atoms with Crippen molar-refractivity contribution in [3.63, 3.8) is 0 Å². The highest BCUT2D eigenvalue weighted by Gasteiger charge is 2.60. The summed E-state index contributed by atoms with van der Waals surface area (Å²) in [5.41, 5.74) is -1.44. The van der Waals surface area contributed by atoms with Crippen molar-refractivity contribution < 1.29 is 18.8 Å². The number of hydrogen-bond donors (Lipinski definition) is 0. The van der Waals surface area contributed by atoms with Crippen molar-refractivity contribution in [2.75, 3.05) is 0 Å². The Morgan fingerprint density at radius 2 is 0.944 bits per heavy atom. The molecule has 2 heterocycles. The van der Waals surface area contributed by atoms with Gasteiger partial charge in [-0.3, -0.25) is 0 Å². The molecule has 5 heteroatoms. The lowest BCUT2D eigenvalue weighted by atomic mass is 9.89. The number of rotatable bonds is 1. The molecule has 2 aliphatic heterocycles. The molecule has 0 bridgehead atoms. The Kier molecular flexibility index (Phi) is 2.96. The lowest BCUT2D eigenvalue weighted by molar-refractivity contribution is -0.0525. The van der Waals surface area contributed by atoms with Crippen molar-refractivity contribution in [1.29, 1.82) is 0 Å². The van der Waals surface area contributed by atoms with Crippen LogP contribution < -0.4 is 0 Å². The third-order valence-electron chi connectivity index (χ3n) is 4.77. The molecular weight excluding hydrogens is 231 g/mol. The van der Waals surface area contributed by atoms with Gasteiger partial charge in [0.15, 0.2) is 6.19 Å². The second-order valence-electron chi connectivity index (χ2n) is 7.25. The summed E-state index contributed by atoms with van der Waals surface area (Å²) in [5, 5.41) is 0. The molecule has 2 fully saturated rings. The maximum absolute atomic E-state index is 5.96. The fourth-order valence-corrected chi connectivity index (χ4v) is 2.00. The Bertz CT molecular complexity index is 283. The Morgan fingerprint density at radius 3 is 1.28 bits per heavy atom. The fraction of sp³-hybridized carbons (Fsp3) is 1.00. The monoisotopic (exact) mass is 256 g/mol. The fourth-order valence-electron chi connectivity index (χ4n) is 2.00. The van der Waals surface area contributed by atoms with Crippen molar-refractivity contribution >= 4 is 7.12 Å². The lowest BCUT2D eigenvalue weighted by Gasteiger charge is -2.32. The van der Waals surface area contributed by atoms with Crippen LogP contribution in [0.2, 0.25) is 0 Å². The minimum absolute atomic E-state index is 0.360. The van der Waals surface area contributed by atoms with Crippen LogP contribution in [0.1, 0.15) is 55.4 Å². The average Bonchev–Trinajstić information content (AvgIpc) is 2.45. The van der Waals surface area contributed by atoms with Crippen LogP contribution in [0.25, 0.3) is 0 Å². The average molecular weight is 256 g/mol. The van der Waals surface area contributed by atoms with E-state index in [9.17, 15) is 0 Å². The molecule has 2 aliphatic rings. The first-order chi connectivity index (χ1) is 7.88. The summed E-state index contributed by atoms with van der Waals surface area (Å²) in [6, 6.07) is 0. The van der Waals surface area contributed by atoms with E-state index in [0.717, 1.165) is 0 Å². The molecule has 0 unspecified atom stereocenters. The predicted molar refractivity (Wildman–Crippen MR) is 70.2 cm³/mol. The van der Waals surface area contributed by atoms with Crippen LogP contribution in [0.5, 0.6) is 0 Å². The van der Waals surface area contributed by atoms with Crippen molar-refractivity contribution in [3.8, 4) is 0 Å². The molecule has 0 aliphatic carbocycles. The van der Waals surface area contributed by atoms with Crippen LogP contribution in [0, 0.1) is 0 Å². The molecule has 2 rings (SSSR count). The zero-order chi connectivity index (χ0) is 14.0. The minimum atomic E-state index is -0.476. The van der Waals surface area contributed by atoms with Crippen molar-refractivity contribution in [2.24, 2.45) is 0 Å². The van der Waals surface area contributed by atoms with Crippen molar-refractivity contribution in [2.45, 2.75) is 84.0 Å². The molecule has 0 amide bonds. The Labute approximate surface area is 110 Å². The van der Waals surface area contributed by atoms with Gasteiger partial charge >= 0.3 is 7.12 Å². The van der Waals surface area contributed by atoms with E-state index in [-0.39, 0.29) is 22.4 Å². The van der Waals surface area contributed by atoms with Gasteiger partial charge in [0.2, 0.25) is 0 Å². The molecule has 0 saturated carbocycles. The van der Waals surface area contributed by atoms with Crippen molar-refractivity contribution in [3.05, 3.63) is 0 Å². The van der Waals surface area contributed by atoms with Gasteiger partial charge < -0.3 is 18.8 Å². The van der Waals surface area contributed by atoms with E-state index in [1.165, 1.54) is 0 Å². The summed E-state index contributed by atoms with van der Waals surface area (Å²) in [5.74, 6) is 0. The highest BCUT2D eigenvalue weighted by molar-refractivity contribution is 6.46. The Balaban J connectivity index is 2.14.